The van der Waals surface area contributed by atoms with Crippen molar-refractivity contribution in [2.24, 2.45) is 0 Å². The van der Waals surface area contributed by atoms with Crippen molar-refractivity contribution in [2.75, 3.05) is 26.4 Å². The molecule has 1 atom stereocenters. The van der Waals surface area contributed by atoms with Gasteiger partial charge >= 0.3 is 0 Å². The Hall–Kier alpha value is -0.900. The van der Waals surface area contributed by atoms with Crippen LogP contribution in [-0.2, 0) is 9.47 Å². The fourth-order valence-corrected chi connectivity index (χ4v) is 2.34. The lowest BCUT2D eigenvalue weighted by Gasteiger charge is -2.21. The summed E-state index contributed by atoms with van der Waals surface area (Å²) >= 11 is 0. The van der Waals surface area contributed by atoms with Gasteiger partial charge in [0.25, 0.3) is 0 Å². The van der Waals surface area contributed by atoms with E-state index in [1.54, 1.807) is 0 Å². The van der Waals surface area contributed by atoms with Crippen molar-refractivity contribution in [1.82, 2.24) is 5.32 Å². The number of rotatable bonds is 10. The Labute approximate surface area is 130 Å². The molecule has 0 aliphatic rings. The topological polar surface area (TPSA) is 30.5 Å². The van der Waals surface area contributed by atoms with E-state index in [4.69, 9.17) is 9.47 Å². The molecule has 1 unspecified atom stereocenters. The molecular formula is C18H31NO2. The molecule has 0 aromatic heterocycles. The van der Waals surface area contributed by atoms with Gasteiger partial charge in [-0.15, -0.1) is 0 Å². The first-order valence-electron chi connectivity index (χ1n) is 8.04. The van der Waals surface area contributed by atoms with Gasteiger partial charge in [0, 0.05) is 0 Å². The zero-order valence-electron chi connectivity index (χ0n) is 14.2. The van der Waals surface area contributed by atoms with Crippen LogP contribution in [0.25, 0.3) is 0 Å². The summed E-state index contributed by atoms with van der Waals surface area (Å²) in [6, 6.07) is 6.87. The van der Waals surface area contributed by atoms with Crippen LogP contribution in [0.1, 0.15) is 49.9 Å². The van der Waals surface area contributed by atoms with E-state index in [0.717, 1.165) is 13.0 Å². The smallest absolute Gasteiger partial charge is 0.0703 e. The highest BCUT2D eigenvalue weighted by molar-refractivity contribution is 5.32. The minimum Gasteiger partial charge on any atom is -0.377 e. The minimum atomic E-state index is 0.254. The lowest BCUT2D eigenvalue weighted by Crippen LogP contribution is -2.27. The molecule has 3 nitrogen and oxygen atoms in total. The van der Waals surface area contributed by atoms with E-state index >= 15 is 0 Å². The van der Waals surface area contributed by atoms with Gasteiger partial charge in [-0.25, -0.2) is 0 Å². The summed E-state index contributed by atoms with van der Waals surface area (Å²) in [5.41, 5.74) is 3.96. The van der Waals surface area contributed by atoms with Crippen molar-refractivity contribution in [3.8, 4) is 0 Å². The number of ether oxygens (including phenoxy) is 2. The second-order valence-corrected chi connectivity index (χ2v) is 5.86. The summed E-state index contributed by atoms with van der Waals surface area (Å²) in [4.78, 5) is 0. The summed E-state index contributed by atoms with van der Waals surface area (Å²) in [7, 11) is 0. The molecule has 120 valence electrons. The van der Waals surface area contributed by atoms with Crippen LogP contribution in [-0.4, -0.2) is 32.5 Å². The maximum atomic E-state index is 5.80. The van der Waals surface area contributed by atoms with Gasteiger partial charge in [-0.2, -0.15) is 0 Å². The highest BCUT2D eigenvalue weighted by atomic mass is 16.5. The first kappa shape index (κ1) is 18.1. The van der Waals surface area contributed by atoms with Crippen molar-refractivity contribution in [3.05, 3.63) is 34.9 Å². The number of aryl methyl sites for hydroxylation is 2. The van der Waals surface area contributed by atoms with Crippen molar-refractivity contribution >= 4 is 0 Å². The Morgan fingerprint density at radius 2 is 1.90 bits per heavy atom. The van der Waals surface area contributed by atoms with Crippen LogP contribution in [0.15, 0.2) is 18.2 Å². The Bertz CT molecular complexity index is 404. The molecule has 0 fully saturated rings. The Morgan fingerprint density at radius 1 is 1.14 bits per heavy atom. The molecule has 0 bridgehead atoms. The number of hydrogen-bond donors (Lipinski definition) is 1. The van der Waals surface area contributed by atoms with Crippen molar-refractivity contribution in [3.63, 3.8) is 0 Å². The normalized spacial score (nSPS) is 12.9. The fourth-order valence-electron chi connectivity index (χ4n) is 2.34. The third-order valence-corrected chi connectivity index (χ3v) is 3.40. The molecule has 21 heavy (non-hydrogen) atoms. The third kappa shape index (κ3) is 7.07. The summed E-state index contributed by atoms with van der Waals surface area (Å²) < 4.78 is 11.3. The molecule has 0 spiro atoms. The highest BCUT2D eigenvalue weighted by Crippen LogP contribution is 2.19. The maximum Gasteiger partial charge on any atom is 0.0703 e. The van der Waals surface area contributed by atoms with Crippen LogP contribution >= 0.6 is 0 Å². The van der Waals surface area contributed by atoms with Gasteiger partial charge in [-0.1, -0.05) is 30.7 Å². The highest BCUT2D eigenvalue weighted by Gasteiger charge is 2.13. The third-order valence-electron chi connectivity index (χ3n) is 3.40. The van der Waals surface area contributed by atoms with E-state index in [-0.39, 0.29) is 12.1 Å². The lowest BCUT2D eigenvalue weighted by atomic mass is 9.99. The lowest BCUT2D eigenvalue weighted by molar-refractivity contribution is 0.0137. The van der Waals surface area contributed by atoms with Gasteiger partial charge in [-0.05, 0) is 51.8 Å². The molecule has 0 aliphatic carbocycles. The molecule has 0 amide bonds. The van der Waals surface area contributed by atoms with Gasteiger partial charge in [0.05, 0.1) is 32.0 Å². The van der Waals surface area contributed by atoms with E-state index in [1.807, 2.05) is 13.8 Å². The summed E-state index contributed by atoms with van der Waals surface area (Å²) in [5.74, 6) is 0. The Kier molecular flexibility index (Phi) is 8.58. The van der Waals surface area contributed by atoms with E-state index in [1.165, 1.54) is 16.7 Å². The van der Waals surface area contributed by atoms with Gasteiger partial charge in [0.1, 0.15) is 0 Å². The SMILES string of the molecule is CCCNC(COCCOC(C)C)c1ccc(C)cc1C. The van der Waals surface area contributed by atoms with E-state index < -0.39 is 0 Å². The summed E-state index contributed by atoms with van der Waals surface area (Å²) in [5, 5.41) is 3.58. The first-order valence-corrected chi connectivity index (χ1v) is 8.04. The molecule has 0 aliphatic heterocycles. The molecule has 0 radical (unpaired) electrons. The fraction of sp³-hybridized carbons (Fsp3) is 0.667. The van der Waals surface area contributed by atoms with Gasteiger partial charge in [-0.3, -0.25) is 0 Å². The Balaban J connectivity index is 2.54. The monoisotopic (exact) mass is 293 g/mol. The van der Waals surface area contributed by atoms with Crippen LogP contribution in [0.2, 0.25) is 0 Å². The largest absolute Gasteiger partial charge is 0.377 e. The van der Waals surface area contributed by atoms with Crippen LogP contribution in [0.4, 0.5) is 0 Å². The average Bonchev–Trinajstić information content (AvgIpc) is 2.42. The molecule has 1 aromatic carbocycles. The van der Waals surface area contributed by atoms with Crippen molar-refractivity contribution < 1.29 is 9.47 Å². The Morgan fingerprint density at radius 3 is 2.52 bits per heavy atom. The quantitative estimate of drug-likeness (QED) is 0.666. The van der Waals surface area contributed by atoms with E-state index in [9.17, 15) is 0 Å². The summed E-state index contributed by atoms with van der Waals surface area (Å²) in [6.45, 7) is 13.6. The summed E-state index contributed by atoms with van der Waals surface area (Å²) in [6.07, 6.45) is 1.39. The molecule has 0 saturated carbocycles. The van der Waals surface area contributed by atoms with Crippen LogP contribution in [0.5, 0.6) is 0 Å². The van der Waals surface area contributed by atoms with Gasteiger partial charge in [0.15, 0.2) is 0 Å². The standard InChI is InChI=1S/C18H31NO2/c1-6-9-19-18(13-20-10-11-21-14(2)3)17-8-7-15(4)12-16(17)5/h7-8,12,14,18-19H,6,9-11,13H2,1-5H3. The minimum absolute atomic E-state index is 0.254. The number of nitrogens with one attached hydrogen (secondary N) is 1. The molecule has 0 saturated heterocycles. The van der Waals surface area contributed by atoms with Gasteiger partial charge < -0.3 is 14.8 Å². The average molecular weight is 293 g/mol. The predicted molar refractivity (Wildman–Crippen MR) is 88.9 cm³/mol. The number of benzene rings is 1. The zero-order chi connectivity index (χ0) is 15.7. The van der Waals surface area contributed by atoms with Crippen LogP contribution in [0, 0.1) is 13.8 Å². The second kappa shape index (κ2) is 9.93. The van der Waals surface area contributed by atoms with Gasteiger partial charge in [0.2, 0.25) is 0 Å². The van der Waals surface area contributed by atoms with E-state index in [2.05, 4.69) is 44.3 Å². The second-order valence-electron chi connectivity index (χ2n) is 5.86. The van der Waals surface area contributed by atoms with Crippen LogP contribution in [0.3, 0.4) is 0 Å². The van der Waals surface area contributed by atoms with Crippen LogP contribution < -0.4 is 5.32 Å². The maximum absolute atomic E-state index is 5.80. The molecular weight excluding hydrogens is 262 g/mol. The molecule has 3 heteroatoms. The first-order chi connectivity index (χ1) is 10.0. The molecule has 1 rings (SSSR count). The predicted octanol–water partition coefficient (Wildman–Crippen LogP) is 3.79. The zero-order valence-corrected chi connectivity index (χ0v) is 14.2. The molecule has 1 aromatic rings. The molecule has 0 heterocycles. The number of hydrogen-bond acceptors (Lipinski definition) is 3. The van der Waals surface area contributed by atoms with E-state index in [0.29, 0.717) is 19.8 Å². The van der Waals surface area contributed by atoms with Crippen molar-refractivity contribution in [2.45, 2.75) is 53.2 Å². The van der Waals surface area contributed by atoms with Crippen molar-refractivity contribution in [1.29, 1.82) is 0 Å². The molecule has 1 N–H and O–H groups in total.